The lowest BCUT2D eigenvalue weighted by molar-refractivity contribution is -0.131. The molecule has 0 spiro atoms. The van der Waals surface area contributed by atoms with Crippen LogP contribution in [0.25, 0.3) is 0 Å². The summed E-state index contributed by atoms with van der Waals surface area (Å²) in [6, 6.07) is 10.9. The van der Waals surface area contributed by atoms with Crippen molar-refractivity contribution in [3.8, 4) is 23.0 Å². The predicted molar refractivity (Wildman–Crippen MR) is 82.3 cm³/mol. The fourth-order valence-corrected chi connectivity index (χ4v) is 1.84. The molecular weight excluding hydrogens is 300 g/mol. The molecule has 0 amide bonds. The monoisotopic (exact) mass is 316 g/mol. The maximum Gasteiger partial charge on any atom is 0.343 e. The van der Waals surface area contributed by atoms with E-state index < -0.39 is 11.9 Å². The van der Waals surface area contributed by atoms with Crippen LogP contribution in [0.3, 0.4) is 0 Å². The van der Waals surface area contributed by atoms with Gasteiger partial charge >= 0.3 is 11.9 Å². The molecule has 0 aliphatic heterocycles. The molecule has 2 rings (SSSR count). The van der Waals surface area contributed by atoms with E-state index in [-0.39, 0.29) is 5.75 Å². The lowest BCUT2D eigenvalue weighted by atomic mass is 10.2. The number of benzene rings is 2. The molecule has 0 aliphatic rings. The molecule has 23 heavy (non-hydrogen) atoms. The summed E-state index contributed by atoms with van der Waals surface area (Å²) in [6.45, 7) is 1.30. The maximum atomic E-state index is 12.2. The van der Waals surface area contributed by atoms with Crippen LogP contribution < -0.4 is 18.9 Å². The third-order valence-electron chi connectivity index (χ3n) is 2.93. The van der Waals surface area contributed by atoms with Crippen molar-refractivity contribution >= 4 is 11.9 Å². The zero-order chi connectivity index (χ0) is 16.8. The summed E-state index contributed by atoms with van der Waals surface area (Å²) >= 11 is 0. The Kier molecular flexibility index (Phi) is 5.19. The Labute approximate surface area is 133 Å². The summed E-state index contributed by atoms with van der Waals surface area (Å²) in [7, 11) is 3.01. The fraction of sp³-hybridized carbons (Fsp3) is 0.176. The van der Waals surface area contributed by atoms with Gasteiger partial charge in [-0.3, -0.25) is 4.79 Å². The van der Waals surface area contributed by atoms with Gasteiger partial charge in [0.2, 0.25) is 0 Å². The minimum Gasteiger partial charge on any atom is -0.497 e. The first-order chi connectivity index (χ1) is 11.0. The summed E-state index contributed by atoms with van der Waals surface area (Å²) in [5.74, 6) is 0.631. The van der Waals surface area contributed by atoms with Crippen molar-refractivity contribution in [2.24, 2.45) is 0 Å². The van der Waals surface area contributed by atoms with Crippen LogP contribution in [0, 0.1) is 0 Å². The van der Waals surface area contributed by atoms with E-state index in [9.17, 15) is 9.59 Å². The topological polar surface area (TPSA) is 71.1 Å². The lowest BCUT2D eigenvalue weighted by Crippen LogP contribution is -2.09. The van der Waals surface area contributed by atoms with Crippen molar-refractivity contribution in [2.75, 3.05) is 14.2 Å². The van der Waals surface area contributed by atoms with Crippen molar-refractivity contribution in [1.82, 2.24) is 0 Å². The normalized spacial score (nSPS) is 9.87. The highest BCUT2D eigenvalue weighted by Gasteiger charge is 2.13. The molecule has 0 aliphatic carbocycles. The van der Waals surface area contributed by atoms with E-state index in [1.807, 2.05) is 0 Å². The van der Waals surface area contributed by atoms with Gasteiger partial charge in [-0.15, -0.1) is 0 Å². The molecule has 120 valence electrons. The molecule has 0 aromatic heterocycles. The Morgan fingerprint density at radius 3 is 2.00 bits per heavy atom. The van der Waals surface area contributed by atoms with Crippen LogP contribution in [0.2, 0.25) is 0 Å². The summed E-state index contributed by atoms with van der Waals surface area (Å²) < 4.78 is 20.5. The predicted octanol–water partition coefficient (Wildman–Crippen LogP) is 2.85. The zero-order valence-corrected chi connectivity index (χ0v) is 13.0. The van der Waals surface area contributed by atoms with Crippen LogP contribution in [-0.2, 0) is 4.79 Å². The number of ether oxygens (including phenoxy) is 4. The standard InChI is InChI=1S/C17H16O6/c1-11(18)22-13-6-4-12(5-7-13)17(19)23-15-9-8-14(20-2)10-16(15)21-3/h4-10H,1-3H3. The van der Waals surface area contributed by atoms with Crippen LogP contribution in [0.4, 0.5) is 0 Å². The van der Waals surface area contributed by atoms with Gasteiger partial charge in [0.1, 0.15) is 11.5 Å². The molecule has 0 N–H and O–H groups in total. The highest BCUT2D eigenvalue weighted by atomic mass is 16.6. The first-order valence-electron chi connectivity index (χ1n) is 6.76. The summed E-state index contributed by atoms with van der Waals surface area (Å²) in [5, 5.41) is 0. The van der Waals surface area contributed by atoms with Gasteiger partial charge in [-0.25, -0.2) is 4.79 Å². The highest BCUT2D eigenvalue weighted by Crippen LogP contribution is 2.31. The molecule has 0 saturated carbocycles. The van der Waals surface area contributed by atoms with Gasteiger partial charge in [-0.05, 0) is 36.4 Å². The molecule has 0 fully saturated rings. The van der Waals surface area contributed by atoms with E-state index in [1.54, 1.807) is 18.2 Å². The van der Waals surface area contributed by atoms with Gasteiger partial charge in [-0.2, -0.15) is 0 Å². The molecule has 0 radical (unpaired) electrons. The van der Waals surface area contributed by atoms with Gasteiger partial charge in [0, 0.05) is 13.0 Å². The van der Waals surface area contributed by atoms with Crippen LogP contribution in [0.15, 0.2) is 42.5 Å². The second kappa shape index (κ2) is 7.31. The highest BCUT2D eigenvalue weighted by molar-refractivity contribution is 5.91. The molecule has 0 atom stereocenters. The summed E-state index contributed by atoms with van der Waals surface area (Å²) in [6.07, 6.45) is 0. The van der Waals surface area contributed by atoms with E-state index >= 15 is 0 Å². The van der Waals surface area contributed by atoms with Crippen molar-refractivity contribution in [3.63, 3.8) is 0 Å². The SMILES string of the molecule is COc1ccc(OC(=O)c2ccc(OC(C)=O)cc2)c(OC)c1. The summed E-state index contributed by atoms with van der Waals surface area (Å²) in [4.78, 5) is 23.0. The molecule has 0 saturated heterocycles. The Morgan fingerprint density at radius 2 is 1.43 bits per heavy atom. The third kappa shape index (κ3) is 4.23. The molecule has 2 aromatic rings. The van der Waals surface area contributed by atoms with Crippen LogP contribution in [0.1, 0.15) is 17.3 Å². The minimum absolute atomic E-state index is 0.280. The molecule has 0 heterocycles. The fourth-order valence-electron chi connectivity index (χ4n) is 1.84. The minimum atomic E-state index is -0.553. The van der Waals surface area contributed by atoms with Crippen molar-refractivity contribution in [1.29, 1.82) is 0 Å². The third-order valence-corrected chi connectivity index (χ3v) is 2.93. The average molecular weight is 316 g/mol. The number of carbonyl (C=O) groups excluding carboxylic acids is 2. The molecule has 2 aromatic carbocycles. The molecule has 0 unspecified atom stereocenters. The van der Waals surface area contributed by atoms with Gasteiger partial charge in [0.15, 0.2) is 11.5 Å². The lowest BCUT2D eigenvalue weighted by Gasteiger charge is -2.10. The van der Waals surface area contributed by atoms with Crippen molar-refractivity contribution in [2.45, 2.75) is 6.92 Å². The van der Waals surface area contributed by atoms with Crippen LogP contribution in [-0.4, -0.2) is 26.2 Å². The van der Waals surface area contributed by atoms with E-state index in [0.717, 1.165) is 0 Å². The Morgan fingerprint density at radius 1 is 0.783 bits per heavy atom. The van der Waals surface area contributed by atoms with E-state index in [2.05, 4.69) is 0 Å². The van der Waals surface area contributed by atoms with Crippen molar-refractivity contribution in [3.05, 3.63) is 48.0 Å². The number of methoxy groups -OCH3 is 2. The van der Waals surface area contributed by atoms with E-state index in [0.29, 0.717) is 22.8 Å². The number of carbonyl (C=O) groups is 2. The first kappa shape index (κ1) is 16.4. The second-order valence-corrected chi connectivity index (χ2v) is 4.52. The van der Waals surface area contributed by atoms with Gasteiger partial charge in [-0.1, -0.05) is 0 Å². The first-order valence-corrected chi connectivity index (χ1v) is 6.76. The Hall–Kier alpha value is -3.02. The summed E-state index contributed by atoms with van der Waals surface area (Å²) in [5.41, 5.74) is 0.318. The second-order valence-electron chi connectivity index (χ2n) is 4.52. The van der Waals surface area contributed by atoms with Crippen LogP contribution in [0.5, 0.6) is 23.0 Å². The van der Waals surface area contributed by atoms with Crippen LogP contribution >= 0.6 is 0 Å². The van der Waals surface area contributed by atoms with Gasteiger partial charge in [0.05, 0.1) is 19.8 Å². The number of hydrogen-bond donors (Lipinski definition) is 0. The number of rotatable bonds is 5. The smallest absolute Gasteiger partial charge is 0.343 e. The molecular formula is C17H16O6. The zero-order valence-electron chi connectivity index (χ0n) is 13.0. The van der Waals surface area contributed by atoms with Crippen molar-refractivity contribution < 1.29 is 28.5 Å². The van der Waals surface area contributed by atoms with E-state index in [1.165, 1.54) is 45.4 Å². The van der Waals surface area contributed by atoms with Gasteiger partial charge < -0.3 is 18.9 Å². The Balaban J connectivity index is 2.14. The van der Waals surface area contributed by atoms with E-state index in [4.69, 9.17) is 18.9 Å². The van der Waals surface area contributed by atoms with Gasteiger partial charge in [0.25, 0.3) is 0 Å². The molecule has 6 nitrogen and oxygen atoms in total. The largest absolute Gasteiger partial charge is 0.497 e. The average Bonchev–Trinajstić information content (AvgIpc) is 2.55. The molecule has 0 bridgehead atoms. The maximum absolute atomic E-state index is 12.2. The quantitative estimate of drug-likeness (QED) is 0.624. The number of hydrogen-bond acceptors (Lipinski definition) is 6. The Bertz CT molecular complexity index is 706. The molecule has 6 heteroatoms. The number of esters is 2.